The van der Waals surface area contributed by atoms with Gasteiger partial charge in [0.1, 0.15) is 12.2 Å². The average molecular weight is 297 g/mol. The highest BCUT2D eigenvalue weighted by molar-refractivity contribution is 5.70. The van der Waals surface area contributed by atoms with Gasteiger partial charge in [-0.3, -0.25) is 14.3 Å². The summed E-state index contributed by atoms with van der Waals surface area (Å²) in [6.45, 7) is -0.488. The molecule has 112 valence electrons. The summed E-state index contributed by atoms with van der Waals surface area (Å²) in [5, 5.41) is 19.0. The number of aliphatic hydroxyl groups excluding tert-OH is 2. The molecule has 3 atom stereocenters. The minimum absolute atomic E-state index is 0.00736. The summed E-state index contributed by atoms with van der Waals surface area (Å²) in [6.07, 6.45) is -1.92. The fourth-order valence-corrected chi connectivity index (χ4v) is 2.28. The second-order valence-electron chi connectivity index (χ2n) is 4.54. The minimum Gasteiger partial charge on any atom is -0.394 e. The molecular weight excluding hydrogens is 285 g/mol. The second kappa shape index (κ2) is 4.91. The summed E-state index contributed by atoms with van der Waals surface area (Å²) in [6, 6.07) is 0. The van der Waals surface area contributed by atoms with Gasteiger partial charge in [0.2, 0.25) is 5.95 Å². The van der Waals surface area contributed by atoms with E-state index in [-0.39, 0.29) is 29.0 Å². The zero-order valence-corrected chi connectivity index (χ0v) is 10.6. The number of nitrogens with two attached hydrogens (primary N) is 1. The molecule has 0 spiro atoms. The van der Waals surface area contributed by atoms with Crippen LogP contribution in [0.1, 0.15) is 6.23 Å². The highest BCUT2D eigenvalue weighted by Crippen LogP contribution is 2.35. The van der Waals surface area contributed by atoms with Crippen LogP contribution in [0.2, 0.25) is 0 Å². The predicted molar refractivity (Wildman–Crippen MR) is 68.8 cm³/mol. The van der Waals surface area contributed by atoms with Crippen molar-refractivity contribution >= 4 is 17.1 Å². The van der Waals surface area contributed by atoms with Crippen LogP contribution in [0.25, 0.3) is 11.2 Å². The van der Waals surface area contributed by atoms with Gasteiger partial charge in [-0.2, -0.15) is 4.98 Å². The standard InChI is InChI=1S/C11H12FN5O4/c12-1-4-7(19)5(2-18)21-10(4)17-3-14-6-8(17)15-11(13)16-9(6)20/h1,3,5,7,10,18-19H,2H2,(H3,13,15,16,20)/b4-1-/t5-,7?,10-/m1/s1. The molecule has 3 heterocycles. The van der Waals surface area contributed by atoms with E-state index in [1.54, 1.807) is 0 Å². The maximum atomic E-state index is 13.0. The van der Waals surface area contributed by atoms with Crippen LogP contribution >= 0.6 is 0 Å². The van der Waals surface area contributed by atoms with Gasteiger partial charge in [-0.15, -0.1) is 0 Å². The largest absolute Gasteiger partial charge is 0.394 e. The molecule has 10 heteroatoms. The van der Waals surface area contributed by atoms with E-state index in [9.17, 15) is 14.3 Å². The van der Waals surface area contributed by atoms with Crippen molar-refractivity contribution in [1.29, 1.82) is 0 Å². The van der Waals surface area contributed by atoms with E-state index in [4.69, 9.17) is 15.6 Å². The molecule has 0 aliphatic carbocycles. The van der Waals surface area contributed by atoms with Crippen molar-refractivity contribution in [3.8, 4) is 0 Å². The molecule has 1 aliphatic heterocycles. The van der Waals surface area contributed by atoms with Gasteiger partial charge in [-0.25, -0.2) is 9.37 Å². The van der Waals surface area contributed by atoms with Crippen LogP contribution in [-0.2, 0) is 4.74 Å². The molecule has 0 radical (unpaired) electrons. The van der Waals surface area contributed by atoms with Gasteiger partial charge in [0.15, 0.2) is 17.4 Å². The van der Waals surface area contributed by atoms with Crippen molar-refractivity contribution in [2.24, 2.45) is 0 Å². The quantitative estimate of drug-likeness (QED) is 0.546. The zero-order chi connectivity index (χ0) is 15.1. The molecule has 9 nitrogen and oxygen atoms in total. The molecule has 0 aromatic carbocycles. The molecule has 0 saturated carbocycles. The lowest BCUT2D eigenvalue weighted by Gasteiger charge is -2.13. The number of nitrogens with one attached hydrogen (secondary N) is 1. The molecule has 0 amide bonds. The zero-order valence-electron chi connectivity index (χ0n) is 10.6. The first-order valence-corrected chi connectivity index (χ1v) is 6.03. The van der Waals surface area contributed by atoms with Crippen molar-refractivity contribution in [1.82, 2.24) is 19.5 Å². The maximum Gasteiger partial charge on any atom is 0.280 e. The predicted octanol–water partition coefficient (Wildman–Crippen LogP) is -1.19. The number of nitrogen functional groups attached to an aromatic ring is 1. The Morgan fingerprint density at radius 1 is 1.62 bits per heavy atom. The fraction of sp³-hybridized carbons (Fsp3) is 0.364. The van der Waals surface area contributed by atoms with Gasteiger partial charge in [-0.05, 0) is 0 Å². The van der Waals surface area contributed by atoms with Crippen molar-refractivity contribution in [3.05, 3.63) is 28.6 Å². The van der Waals surface area contributed by atoms with Crippen LogP contribution in [0.5, 0.6) is 0 Å². The Kier molecular flexibility index (Phi) is 3.20. The highest BCUT2D eigenvalue weighted by Gasteiger charge is 2.40. The normalized spacial score (nSPS) is 27.8. The van der Waals surface area contributed by atoms with E-state index < -0.39 is 30.6 Å². The fourth-order valence-electron chi connectivity index (χ4n) is 2.28. The number of aromatic amines is 1. The van der Waals surface area contributed by atoms with Crippen LogP contribution in [0, 0.1) is 0 Å². The van der Waals surface area contributed by atoms with Crippen LogP contribution in [0.3, 0.4) is 0 Å². The summed E-state index contributed by atoms with van der Waals surface area (Å²) in [7, 11) is 0. The number of hydrogen-bond acceptors (Lipinski definition) is 7. The van der Waals surface area contributed by atoms with E-state index in [1.165, 1.54) is 10.9 Å². The van der Waals surface area contributed by atoms with Crippen molar-refractivity contribution < 1.29 is 19.3 Å². The van der Waals surface area contributed by atoms with Crippen LogP contribution < -0.4 is 11.3 Å². The summed E-state index contributed by atoms with van der Waals surface area (Å²) in [5.41, 5.74) is 4.92. The second-order valence-corrected chi connectivity index (χ2v) is 4.54. The summed E-state index contributed by atoms with van der Waals surface area (Å²) < 4.78 is 19.7. The molecule has 21 heavy (non-hydrogen) atoms. The molecule has 0 bridgehead atoms. The summed E-state index contributed by atoms with van der Waals surface area (Å²) in [5.74, 6) is -0.128. The first kappa shape index (κ1) is 13.7. The van der Waals surface area contributed by atoms with E-state index in [2.05, 4.69) is 15.0 Å². The number of H-pyrrole nitrogens is 1. The number of ether oxygens (including phenoxy) is 1. The van der Waals surface area contributed by atoms with Gasteiger partial charge in [0, 0.05) is 5.57 Å². The van der Waals surface area contributed by atoms with Gasteiger partial charge in [0.05, 0.1) is 19.3 Å². The Balaban J connectivity index is 2.15. The number of aromatic nitrogens is 4. The molecule has 1 aliphatic rings. The number of imidazole rings is 1. The van der Waals surface area contributed by atoms with Crippen LogP contribution in [0.4, 0.5) is 10.3 Å². The number of nitrogens with zero attached hydrogens (tertiary/aromatic N) is 3. The summed E-state index contributed by atoms with van der Waals surface area (Å²) in [4.78, 5) is 21.8. The average Bonchev–Trinajstić information content (AvgIpc) is 2.99. The lowest BCUT2D eigenvalue weighted by atomic mass is 10.1. The Hall–Kier alpha value is -2.30. The number of anilines is 1. The smallest absolute Gasteiger partial charge is 0.280 e. The molecule has 2 aromatic rings. The Labute approximate surface area is 116 Å². The summed E-state index contributed by atoms with van der Waals surface area (Å²) >= 11 is 0. The van der Waals surface area contributed by atoms with E-state index in [0.717, 1.165) is 0 Å². The van der Waals surface area contributed by atoms with Crippen molar-refractivity contribution in [3.63, 3.8) is 0 Å². The van der Waals surface area contributed by atoms with E-state index >= 15 is 0 Å². The lowest BCUT2D eigenvalue weighted by Crippen LogP contribution is -2.25. The molecule has 3 rings (SSSR count). The third-order valence-corrected chi connectivity index (χ3v) is 3.29. The van der Waals surface area contributed by atoms with Gasteiger partial charge in [-0.1, -0.05) is 0 Å². The first-order chi connectivity index (χ1) is 10.1. The molecular formula is C11H12FN5O4. The molecule has 1 fully saturated rings. The molecule has 1 saturated heterocycles. The van der Waals surface area contributed by atoms with Crippen molar-refractivity contribution in [2.75, 3.05) is 12.3 Å². The Morgan fingerprint density at radius 2 is 2.38 bits per heavy atom. The topological polar surface area (TPSA) is 139 Å². The van der Waals surface area contributed by atoms with Crippen LogP contribution in [-0.4, -0.2) is 48.5 Å². The van der Waals surface area contributed by atoms with E-state index in [0.29, 0.717) is 0 Å². The monoisotopic (exact) mass is 297 g/mol. The molecule has 2 aromatic heterocycles. The Bertz CT molecular complexity index is 770. The third-order valence-electron chi connectivity index (χ3n) is 3.29. The number of halogens is 1. The third kappa shape index (κ3) is 2.00. The molecule has 1 unspecified atom stereocenters. The SMILES string of the molecule is Nc1nc2c(ncn2[C@@H]2O[C@H](CO)C(O)/C2=C/F)c(=O)[nH]1. The number of rotatable bonds is 2. The highest BCUT2D eigenvalue weighted by atomic mass is 19.1. The van der Waals surface area contributed by atoms with Gasteiger partial charge >= 0.3 is 0 Å². The number of hydrogen-bond donors (Lipinski definition) is 4. The Morgan fingerprint density at radius 3 is 3.05 bits per heavy atom. The van der Waals surface area contributed by atoms with Crippen LogP contribution in [0.15, 0.2) is 23.0 Å². The maximum absolute atomic E-state index is 13.0. The number of aliphatic hydroxyl groups is 2. The lowest BCUT2D eigenvalue weighted by molar-refractivity contribution is -0.0422. The first-order valence-electron chi connectivity index (χ1n) is 6.03. The number of fused-ring (bicyclic) bond motifs is 1. The van der Waals surface area contributed by atoms with Crippen molar-refractivity contribution in [2.45, 2.75) is 18.4 Å². The van der Waals surface area contributed by atoms with E-state index in [1.807, 2.05) is 0 Å². The molecule has 5 N–H and O–H groups in total. The van der Waals surface area contributed by atoms with Gasteiger partial charge in [0.25, 0.3) is 5.56 Å². The minimum atomic E-state index is -1.30. The van der Waals surface area contributed by atoms with Gasteiger partial charge < -0.3 is 20.7 Å².